The Hall–Kier alpha value is -1.84. The lowest BCUT2D eigenvalue weighted by Gasteiger charge is -2.10. The number of nitrogens with zero attached hydrogens (tertiary/aromatic N) is 1. The topological polar surface area (TPSA) is 74.2 Å². The smallest absolute Gasteiger partial charge is 0.263 e. The van der Waals surface area contributed by atoms with Crippen molar-refractivity contribution in [2.75, 3.05) is 13.2 Å². The quantitative estimate of drug-likeness (QED) is 0.600. The van der Waals surface area contributed by atoms with Gasteiger partial charge in [0.15, 0.2) is 0 Å². The SMILES string of the molecule is N#C/C(=C/NCc1cccc(Br)c1)C(=O)NCC1CCCO1. The van der Waals surface area contributed by atoms with Gasteiger partial charge in [-0.3, -0.25) is 4.79 Å². The summed E-state index contributed by atoms with van der Waals surface area (Å²) >= 11 is 3.40. The number of amides is 1. The number of hydrogen-bond donors (Lipinski definition) is 2. The van der Waals surface area contributed by atoms with Gasteiger partial charge in [0, 0.05) is 30.4 Å². The molecule has 1 aliphatic rings. The number of hydrogen-bond acceptors (Lipinski definition) is 4. The zero-order chi connectivity index (χ0) is 15.8. The predicted octanol–water partition coefficient (Wildman–Crippen LogP) is 2.24. The molecule has 1 atom stereocenters. The summed E-state index contributed by atoms with van der Waals surface area (Å²) in [6, 6.07) is 9.73. The fourth-order valence-corrected chi connectivity index (χ4v) is 2.62. The highest BCUT2D eigenvalue weighted by Gasteiger charge is 2.17. The van der Waals surface area contributed by atoms with Gasteiger partial charge in [-0.15, -0.1) is 0 Å². The van der Waals surface area contributed by atoms with Gasteiger partial charge in [-0.05, 0) is 30.5 Å². The summed E-state index contributed by atoms with van der Waals surface area (Å²) in [6.07, 6.45) is 3.49. The highest BCUT2D eigenvalue weighted by molar-refractivity contribution is 9.10. The minimum Gasteiger partial charge on any atom is -0.386 e. The molecule has 6 heteroatoms. The molecule has 1 heterocycles. The van der Waals surface area contributed by atoms with Gasteiger partial charge in [-0.1, -0.05) is 28.1 Å². The maximum absolute atomic E-state index is 11.9. The van der Waals surface area contributed by atoms with Crippen LogP contribution in [0.3, 0.4) is 0 Å². The summed E-state index contributed by atoms with van der Waals surface area (Å²) in [5.41, 5.74) is 1.12. The Kier molecular flexibility index (Phi) is 6.44. The maximum Gasteiger partial charge on any atom is 0.263 e. The summed E-state index contributed by atoms with van der Waals surface area (Å²) in [5.74, 6) is -0.375. The van der Waals surface area contributed by atoms with Gasteiger partial charge in [0.1, 0.15) is 11.6 Å². The van der Waals surface area contributed by atoms with Gasteiger partial charge in [0.2, 0.25) is 0 Å². The van der Waals surface area contributed by atoms with Crippen molar-refractivity contribution >= 4 is 21.8 Å². The molecule has 1 aromatic rings. The monoisotopic (exact) mass is 363 g/mol. The van der Waals surface area contributed by atoms with Gasteiger partial charge in [-0.25, -0.2) is 0 Å². The number of rotatable bonds is 6. The van der Waals surface area contributed by atoms with Crippen LogP contribution in [0.25, 0.3) is 0 Å². The number of halogens is 1. The van der Waals surface area contributed by atoms with Crippen LogP contribution in [0.4, 0.5) is 0 Å². The van der Waals surface area contributed by atoms with Crippen molar-refractivity contribution in [3.8, 4) is 6.07 Å². The van der Waals surface area contributed by atoms with Gasteiger partial charge in [0.05, 0.1) is 6.10 Å². The molecule has 0 bridgehead atoms. The molecule has 1 unspecified atom stereocenters. The number of carbonyl (C=O) groups excluding carboxylic acids is 1. The van der Waals surface area contributed by atoms with Crippen molar-refractivity contribution in [2.45, 2.75) is 25.5 Å². The molecule has 0 aromatic heterocycles. The van der Waals surface area contributed by atoms with E-state index in [0.29, 0.717) is 13.1 Å². The molecule has 5 nitrogen and oxygen atoms in total. The van der Waals surface area contributed by atoms with Gasteiger partial charge in [0.25, 0.3) is 5.91 Å². The summed E-state index contributed by atoms with van der Waals surface area (Å²) < 4.78 is 6.42. The molecule has 1 fully saturated rings. The maximum atomic E-state index is 11.9. The van der Waals surface area contributed by atoms with E-state index in [0.717, 1.165) is 29.5 Å². The van der Waals surface area contributed by atoms with Crippen molar-refractivity contribution in [2.24, 2.45) is 0 Å². The minimum atomic E-state index is -0.375. The summed E-state index contributed by atoms with van der Waals surface area (Å²) in [6.45, 7) is 1.74. The van der Waals surface area contributed by atoms with Crippen LogP contribution in [0.15, 0.2) is 40.5 Å². The average molecular weight is 364 g/mol. The second kappa shape index (κ2) is 8.57. The van der Waals surface area contributed by atoms with Crippen molar-refractivity contribution < 1.29 is 9.53 Å². The first kappa shape index (κ1) is 16.5. The van der Waals surface area contributed by atoms with Crippen LogP contribution in [0, 0.1) is 11.3 Å². The Bertz CT molecular complexity index is 589. The molecule has 2 N–H and O–H groups in total. The van der Waals surface area contributed by atoms with Crippen molar-refractivity contribution in [3.63, 3.8) is 0 Å². The summed E-state index contributed by atoms with van der Waals surface area (Å²) in [4.78, 5) is 11.9. The van der Waals surface area contributed by atoms with E-state index >= 15 is 0 Å². The second-order valence-electron chi connectivity index (χ2n) is 5.03. The summed E-state index contributed by atoms with van der Waals surface area (Å²) in [7, 11) is 0. The third-order valence-electron chi connectivity index (χ3n) is 3.32. The van der Waals surface area contributed by atoms with Crippen LogP contribution in [0.1, 0.15) is 18.4 Å². The Morgan fingerprint density at radius 1 is 1.55 bits per heavy atom. The minimum absolute atomic E-state index is 0.0630. The van der Waals surface area contributed by atoms with Crippen LogP contribution >= 0.6 is 15.9 Å². The van der Waals surface area contributed by atoms with E-state index in [1.54, 1.807) is 0 Å². The lowest BCUT2D eigenvalue weighted by atomic mass is 10.2. The average Bonchev–Trinajstić information content (AvgIpc) is 3.03. The molecular formula is C16H18BrN3O2. The van der Waals surface area contributed by atoms with Crippen molar-refractivity contribution in [1.29, 1.82) is 5.26 Å². The van der Waals surface area contributed by atoms with Crippen LogP contribution in [-0.2, 0) is 16.1 Å². The molecule has 22 heavy (non-hydrogen) atoms. The fraction of sp³-hybridized carbons (Fsp3) is 0.375. The molecule has 0 radical (unpaired) electrons. The number of benzene rings is 1. The molecule has 0 saturated carbocycles. The Balaban J connectivity index is 1.81. The first-order chi connectivity index (χ1) is 10.7. The molecule has 116 valence electrons. The van der Waals surface area contributed by atoms with E-state index in [9.17, 15) is 4.79 Å². The van der Waals surface area contributed by atoms with Gasteiger partial charge >= 0.3 is 0 Å². The van der Waals surface area contributed by atoms with E-state index in [1.807, 2.05) is 30.3 Å². The Morgan fingerprint density at radius 3 is 3.09 bits per heavy atom. The lowest BCUT2D eigenvalue weighted by molar-refractivity contribution is -0.117. The molecule has 2 rings (SSSR count). The molecule has 1 saturated heterocycles. The van der Waals surface area contributed by atoms with E-state index < -0.39 is 0 Å². The Morgan fingerprint density at radius 2 is 2.41 bits per heavy atom. The van der Waals surface area contributed by atoms with Crippen molar-refractivity contribution in [1.82, 2.24) is 10.6 Å². The molecule has 1 amide bonds. The molecule has 0 aliphatic carbocycles. The van der Waals surface area contributed by atoms with Gasteiger partial charge in [-0.2, -0.15) is 5.26 Å². The molecule has 1 aliphatic heterocycles. The highest BCUT2D eigenvalue weighted by atomic mass is 79.9. The van der Waals surface area contributed by atoms with Gasteiger partial charge < -0.3 is 15.4 Å². The number of nitrogens with one attached hydrogen (secondary N) is 2. The lowest BCUT2D eigenvalue weighted by Crippen LogP contribution is -2.32. The third-order valence-corrected chi connectivity index (χ3v) is 3.81. The number of ether oxygens (including phenoxy) is 1. The number of nitriles is 1. The zero-order valence-corrected chi connectivity index (χ0v) is 13.7. The second-order valence-corrected chi connectivity index (χ2v) is 5.94. The van der Waals surface area contributed by atoms with E-state index in [2.05, 4.69) is 26.6 Å². The van der Waals surface area contributed by atoms with E-state index in [4.69, 9.17) is 10.00 Å². The first-order valence-corrected chi connectivity index (χ1v) is 7.96. The molecule has 0 spiro atoms. The molecular weight excluding hydrogens is 346 g/mol. The van der Waals surface area contributed by atoms with Crippen LogP contribution in [0.2, 0.25) is 0 Å². The van der Waals surface area contributed by atoms with E-state index in [-0.39, 0.29) is 17.6 Å². The predicted molar refractivity (Wildman–Crippen MR) is 86.7 cm³/mol. The normalized spacial score (nSPS) is 17.8. The summed E-state index contributed by atoms with van der Waals surface area (Å²) in [5, 5.41) is 14.8. The largest absolute Gasteiger partial charge is 0.386 e. The third kappa shape index (κ3) is 5.17. The highest BCUT2D eigenvalue weighted by Crippen LogP contribution is 2.12. The van der Waals surface area contributed by atoms with Crippen molar-refractivity contribution in [3.05, 3.63) is 46.1 Å². The Labute approximate surface area is 138 Å². The fourth-order valence-electron chi connectivity index (χ4n) is 2.17. The molecule has 1 aromatic carbocycles. The van der Waals surface area contributed by atoms with Crippen LogP contribution < -0.4 is 10.6 Å². The van der Waals surface area contributed by atoms with Crippen LogP contribution in [0.5, 0.6) is 0 Å². The zero-order valence-electron chi connectivity index (χ0n) is 12.1. The number of carbonyl (C=O) groups is 1. The van der Waals surface area contributed by atoms with E-state index in [1.165, 1.54) is 6.20 Å². The standard InChI is InChI=1S/C16H18BrN3O2/c17-14-4-1-3-12(7-14)9-19-10-13(8-18)16(21)20-11-15-5-2-6-22-15/h1,3-4,7,10,15,19H,2,5-6,9,11H2,(H,20,21)/b13-10-. The van der Waals surface area contributed by atoms with Crippen LogP contribution in [-0.4, -0.2) is 25.2 Å². The first-order valence-electron chi connectivity index (χ1n) is 7.17.